The number of benzene rings is 1. The van der Waals surface area contributed by atoms with E-state index in [0.717, 1.165) is 44.3 Å². The molecule has 4 nitrogen and oxygen atoms in total. The summed E-state index contributed by atoms with van der Waals surface area (Å²) < 4.78 is 18.1. The molecule has 1 atom stereocenters. The van der Waals surface area contributed by atoms with Crippen LogP contribution in [0.1, 0.15) is 46.6 Å². The summed E-state index contributed by atoms with van der Waals surface area (Å²) in [4.78, 5) is 14.7. The third-order valence-electron chi connectivity index (χ3n) is 4.81. The predicted octanol–water partition coefficient (Wildman–Crippen LogP) is 3.92. The van der Waals surface area contributed by atoms with Crippen molar-refractivity contribution >= 4 is 5.91 Å². The lowest BCUT2D eigenvalue weighted by Gasteiger charge is -2.33. The van der Waals surface area contributed by atoms with Gasteiger partial charge in [0.25, 0.3) is 5.91 Å². The molecule has 1 fully saturated rings. The van der Waals surface area contributed by atoms with Crippen molar-refractivity contribution in [2.45, 2.75) is 39.5 Å². The van der Waals surface area contributed by atoms with Gasteiger partial charge in [0.1, 0.15) is 17.1 Å². The summed E-state index contributed by atoms with van der Waals surface area (Å²) in [6, 6.07) is 6.68. The number of piperidine rings is 1. The molecule has 2 aromatic rings. The van der Waals surface area contributed by atoms with E-state index in [9.17, 15) is 9.18 Å². The zero-order valence-corrected chi connectivity index (χ0v) is 14.2. The van der Waals surface area contributed by atoms with E-state index in [0.29, 0.717) is 22.9 Å². The van der Waals surface area contributed by atoms with Crippen molar-refractivity contribution in [3.05, 3.63) is 52.7 Å². The molecule has 0 N–H and O–H groups in total. The van der Waals surface area contributed by atoms with Crippen LogP contribution in [-0.4, -0.2) is 29.1 Å². The maximum atomic E-state index is 13.0. The highest BCUT2D eigenvalue weighted by Crippen LogP contribution is 2.24. The fourth-order valence-corrected chi connectivity index (χ4v) is 3.45. The van der Waals surface area contributed by atoms with E-state index >= 15 is 0 Å². The molecule has 1 aromatic heterocycles. The van der Waals surface area contributed by atoms with Gasteiger partial charge in [-0.15, -0.1) is 0 Å². The van der Waals surface area contributed by atoms with Crippen LogP contribution in [0.4, 0.5) is 4.39 Å². The molecule has 1 aliphatic rings. The number of likely N-dealkylation sites (tertiary alicyclic amines) is 1. The van der Waals surface area contributed by atoms with Gasteiger partial charge in [0.2, 0.25) is 0 Å². The average Bonchev–Trinajstić information content (AvgIpc) is 2.93. The van der Waals surface area contributed by atoms with E-state index in [1.54, 1.807) is 13.8 Å². The third-order valence-corrected chi connectivity index (χ3v) is 4.81. The highest BCUT2D eigenvalue weighted by molar-refractivity contribution is 5.96. The molecule has 0 bridgehead atoms. The summed E-state index contributed by atoms with van der Waals surface area (Å²) in [6.07, 6.45) is 4.07. The van der Waals surface area contributed by atoms with Crippen LogP contribution in [0.5, 0.6) is 0 Å². The van der Waals surface area contributed by atoms with Crippen LogP contribution in [0.2, 0.25) is 0 Å². The van der Waals surface area contributed by atoms with Crippen LogP contribution in [-0.2, 0) is 6.42 Å². The number of aryl methyl sites for hydroxylation is 3. The molecule has 24 heavy (non-hydrogen) atoms. The van der Waals surface area contributed by atoms with Crippen LogP contribution < -0.4 is 0 Å². The minimum atomic E-state index is -0.201. The van der Waals surface area contributed by atoms with Gasteiger partial charge in [-0.1, -0.05) is 17.3 Å². The first-order valence-electron chi connectivity index (χ1n) is 8.51. The first-order chi connectivity index (χ1) is 11.5. The van der Waals surface area contributed by atoms with Crippen molar-refractivity contribution in [1.29, 1.82) is 0 Å². The van der Waals surface area contributed by atoms with E-state index in [1.807, 2.05) is 17.0 Å². The summed E-state index contributed by atoms with van der Waals surface area (Å²) in [6.45, 7) is 5.14. The Bertz CT molecular complexity index is 689. The van der Waals surface area contributed by atoms with Gasteiger partial charge in [-0.3, -0.25) is 4.79 Å². The lowest BCUT2D eigenvalue weighted by Crippen LogP contribution is -2.40. The van der Waals surface area contributed by atoms with Crippen LogP contribution >= 0.6 is 0 Å². The number of hydrogen-bond acceptors (Lipinski definition) is 3. The van der Waals surface area contributed by atoms with Gasteiger partial charge in [-0.25, -0.2) is 4.39 Å². The zero-order chi connectivity index (χ0) is 17.1. The molecule has 0 aliphatic carbocycles. The molecule has 1 saturated heterocycles. The molecule has 0 spiro atoms. The largest absolute Gasteiger partial charge is 0.361 e. The molecule has 1 amide bonds. The summed E-state index contributed by atoms with van der Waals surface area (Å²) in [5.41, 5.74) is 2.41. The van der Waals surface area contributed by atoms with Crippen LogP contribution in [0.15, 0.2) is 28.8 Å². The van der Waals surface area contributed by atoms with E-state index in [2.05, 4.69) is 5.16 Å². The van der Waals surface area contributed by atoms with Crippen molar-refractivity contribution in [1.82, 2.24) is 10.1 Å². The van der Waals surface area contributed by atoms with Gasteiger partial charge in [0.05, 0.1) is 5.69 Å². The van der Waals surface area contributed by atoms with Crippen LogP contribution in [0.25, 0.3) is 0 Å². The van der Waals surface area contributed by atoms with Crippen molar-refractivity contribution in [2.24, 2.45) is 5.92 Å². The van der Waals surface area contributed by atoms with Gasteiger partial charge in [0.15, 0.2) is 0 Å². The SMILES string of the molecule is Cc1noc(C)c1C(=O)N1CCC[C@@H](CCc2ccc(F)cc2)C1. The summed E-state index contributed by atoms with van der Waals surface area (Å²) >= 11 is 0. The van der Waals surface area contributed by atoms with Crippen molar-refractivity contribution in [2.75, 3.05) is 13.1 Å². The number of amides is 1. The first-order valence-corrected chi connectivity index (χ1v) is 8.51. The second-order valence-electron chi connectivity index (χ2n) is 6.62. The minimum absolute atomic E-state index is 0.0257. The van der Waals surface area contributed by atoms with E-state index in [1.165, 1.54) is 12.1 Å². The molecule has 2 heterocycles. The molecule has 0 radical (unpaired) electrons. The highest BCUT2D eigenvalue weighted by atomic mass is 19.1. The second kappa shape index (κ2) is 7.16. The number of aromatic nitrogens is 1. The topological polar surface area (TPSA) is 46.3 Å². The summed E-state index contributed by atoms with van der Waals surface area (Å²) in [5, 5.41) is 3.88. The molecule has 1 aliphatic heterocycles. The van der Waals surface area contributed by atoms with Crippen molar-refractivity contribution in [3.63, 3.8) is 0 Å². The van der Waals surface area contributed by atoms with Crippen LogP contribution in [0, 0.1) is 25.6 Å². The predicted molar refractivity (Wildman–Crippen MR) is 89.3 cm³/mol. The average molecular weight is 330 g/mol. The number of carbonyl (C=O) groups excluding carboxylic acids is 1. The van der Waals surface area contributed by atoms with E-state index in [-0.39, 0.29) is 11.7 Å². The Morgan fingerprint density at radius 1 is 1.33 bits per heavy atom. The minimum Gasteiger partial charge on any atom is -0.361 e. The monoisotopic (exact) mass is 330 g/mol. The van der Waals surface area contributed by atoms with E-state index < -0.39 is 0 Å². The number of hydrogen-bond donors (Lipinski definition) is 0. The van der Waals surface area contributed by atoms with Gasteiger partial charge < -0.3 is 9.42 Å². The fraction of sp³-hybridized carbons (Fsp3) is 0.474. The van der Waals surface area contributed by atoms with E-state index in [4.69, 9.17) is 4.52 Å². The van der Waals surface area contributed by atoms with Gasteiger partial charge in [0, 0.05) is 13.1 Å². The number of rotatable bonds is 4. The molecule has 0 unspecified atom stereocenters. The summed E-state index contributed by atoms with van der Waals surface area (Å²) in [7, 11) is 0. The molecule has 1 aromatic carbocycles. The quantitative estimate of drug-likeness (QED) is 0.854. The van der Waals surface area contributed by atoms with Crippen molar-refractivity contribution < 1.29 is 13.7 Å². The molecule has 3 rings (SSSR count). The maximum absolute atomic E-state index is 13.0. The molecular weight excluding hydrogens is 307 g/mol. The second-order valence-corrected chi connectivity index (χ2v) is 6.62. The third kappa shape index (κ3) is 3.66. The van der Waals surface area contributed by atoms with Gasteiger partial charge in [-0.05, 0) is 63.1 Å². The zero-order valence-electron chi connectivity index (χ0n) is 14.2. The smallest absolute Gasteiger partial charge is 0.259 e. The number of carbonyl (C=O) groups is 1. The first kappa shape index (κ1) is 16.7. The van der Waals surface area contributed by atoms with Crippen molar-refractivity contribution in [3.8, 4) is 0 Å². The molecule has 0 saturated carbocycles. The standard InChI is InChI=1S/C19H23FN2O2/c1-13-18(14(2)24-21-13)19(23)22-11-3-4-16(12-22)6-5-15-7-9-17(20)10-8-15/h7-10,16H,3-6,11-12H2,1-2H3/t16-/m0/s1. The van der Waals surface area contributed by atoms with Gasteiger partial charge in [-0.2, -0.15) is 0 Å². The summed E-state index contributed by atoms with van der Waals surface area (Å²) in [5.74, 6) is 0.893. The Kier molecular flexibility index (Phi) is 4.97. The molecule has 128 valence electrons. The Hall–Kier alpha value is -2.17. The molecular formula is C19H23FN2O2. The maximum Gasteiger partial charge on any atom is 0.259 e. The number of nitrogens with zero attached hydrogens (tertiary/aromatic N) is 2. The lowest BCUT2D eigenvalue weighted by molar-refractivity contribution is 0.0666. The highest BCUT2D eigenvalue weighted by Gasteiger charge is 2.28. The normalized spacial score (nSPS) is 18.0. The Balaban J connectivity index is 1.60. The Labute approximate surface area is 141 Å². The Morgan fingerprint density at radius 2 is 2.08 bits per heavy atom. The number of halogens is 1. The molecule has 5 heteroatoms. The fourth-order valence-electron chi connectivity index (χ4n) is 3.45. The van der Waals surface area contributed by atoms with Crippen LogP contribution in [0.3, 0.4) is 0 Å². The van der Waals surface area contributed by atoms with Gasteiger partial charge >= 0.3 is 0 Å². The lowest BCUT2D eigenvalue weighted by atomic mass is 9.91. The Morgan fingerprint density at radius 3 is 2.75 bits per heavy atom.